The smallest absolute Gasteiger partial charge is 0.0484 e. The van der Waals surface area contributed by atoms with E-state index in [-0.39, 0.29) is 0 Å². The van der Waals surface area contributed by atoms with E-state index in [1.807, 2.05) is 11.3 Å². The lowest BCUT2D eigenvalue weighted by molar-refractivity contribution is 0.451. The molecule has 0 spiro atoms. The van der Waals surface area contributed by atoms with Crippen LogP contribution in [-0.2, 0) is 0 Å². The van der Waals surface area contributed by atoms with E-state index < -0.39 is 0 Å². The molecule has 96 valence electrons. The van der Waals surface area contributed by atoms with Crippen molar-refractivity contribution in [1.29, 1.82) is 0 Å². The van der Waals surface area contributed by atoms with Gasteiger partial charge in [-0.05, 0) is 30.0 Å². The van der Waals surface area contributed by atoms with Gasteiger partial charge in [-0.3, -0.25) is 0 Å². The van der Waals surface area contributed by atoms with Crippen LogP contribution in [0, 0.1) is 0 Å². The number of hydrogen-bond acceptors (Lipinski definition) is 2. The molecule has 1 N–H and O–H groups in total. The number of nitrogens with one attached hydrogen (secondary N) is 1. The van der Waals surface area contributed by atoms with Crippen molar-refractivity contribution < 1.29 is 0 Å². The van der Waals surface area contributed by atoms with Crippen molar-refractivity contribution in [1.82, 2.24) is 5.32 Å². The molecule has 0 bridgehead atoms. The van der Waals surface area contributed by atoms with Gasteiger partial charge in [0.15, 0.2) is 0 Å². The second-order valence-corrected chi connectivity index (χ2v) is 5.46. The molecule has 0 saturated heterocycles. The van der Waals surface area contributed by atoms with Crippen molar-refractivity contribution in [2.24, 2.45) is 0 Å². The van der Waals surface area contributed by atoms with E-state index >= 15 is 0 Å². The Morgan fingerprint density at radius 3 is 2.39 bits per heavy atom. The van der Waals surface area contributed by atoms with Crippen molar-refractivity contribution >= 4 is 11.3 Å². The number of rotatable bonds is 6. The molecule has 1 heterocycles. The molecule has 0 fully saturated rings. The molecule has 2 rings (SSSR count). The Bertz CT molecular complexity index is 435. The zero-order chi connectivity index (χ0) is 12.8. The van der Waals surface area contributed by atoms with Crippen LogP contribution in [0.4, 0.5) is 0 Å². The largest absolute Gasteiger partial charge is 0.309 e. The van der Waals surface area contributed by atoms with Gasteiger partial charge < -0.3 is 5.32 Å². The Morgan fingerprint density at radius 2 is 1.83 bits per heavy atom. The van der Waals surface area contributed by atoms with Gasteiger partial charge in [0.25, 0.3) is 0 Å². The highest BCUT2D eigenvalue weighted by atomic mass is 32.1. The molecule has 0 saturated carbocycles. The van der Waals surface area contributed by atoms with Gasteiger partial charge in [0.1, 0.15) is 0 Å². The highest BCUT2D eigenvalue weighted by Gasteiger charge is 2.23. The van der Waals surface area contributed by atoms with Crippen LogP contribution in [0.3, 0.4) is 0 Å². The Labute approximate surface area is 114 Å². The first-order valence-electron chi connectivity index (χ1n) is 6.68. The third-order valence-corrected chi connectivity index (χ3v) is 4.30. The van der Waals surface area contributed by atoms with Crippen LogP contribution in [0.2, 0.25) is 0 Å². The van der Waals surface area contributed by atoms with Crippen LogP contribution in [0.25, 0.3) is 0 Å². The van der Waals surface area contributed by atoms with Crippen LogP contribution in [0.5, 0.6) is 0 Å². The molecule has 18 heavy (non-hydrogen) atoms. The number of hydrogen-bond donors (Lipinski definition) is 1. The van der Waals surface area contributed by atoms with E-state index in [1.54, 1.807) is 0 Å². The summed E-state index contributed by atoms with van der Waals surface area (Å²) in [5.74, 6) is 0.546. The SMILES string of the molecule is CCNC(c1cccs1)C(CC)c1ccccc1. The van der Waals surface area contributed by atoms with E-state index in [0.717, 1.165) is 13.0 Å². The maximum Gasteiger partial charge on any atom is 0.0484 e. The predicted octanol–water partition coefficient (Wildman–Crippen LogP) is 4.59. The molecule has 1 nitrogen and oxygen atoms in total. The molecule has 0 aliphatic carbocycles. The average molecular weight is 259 g/mol. The molecular weight excluding hydrogens is 238 g/mol. The summed E-state index contributed by atoms with van der Waals surface area (Å²) in [5.41, 5.74) is 1.43. The Balaban J connectivity index is 2.28. The van der Waals surface area contributed by atoms with Crippen LogP contribution in [-0.4, -0.2) is 6.54 Å². The lowest BCUT2D eigenvalue weighted by atomic mass is 9.88. The highest BCUT2D eigenvalue weighted by molar-refractivity contribution is 7.10. The van der Waals surface area contributed by atoms with E-state index in [9.17, 15) is 0 Å². The Morgan fingerprint density at radius 1 is 1.06 bits per heavy atom. The fourth-order valence-electron chi connectivity index (χ4n) is 2.49. The molecule has 2 atom stereocenters. The minimum absolute atomic E-state index is 0.433. The second-order valence-electron chi connectivity index (χ2n) is 4.48. The van der Waals surface area contributed by atoms with Gasteiger partial charge >= 0.3 is 0 Å². The third-order valence-electron chi connectivity index (χ3n) is 3.34. The number of thiophene rings is 1. The first-order valence-corrected chi connectivity index (χ1v) is 7.56. The van der Waals surface area contributed by atoms with E-state index in [1.165, 1.54) is 10.4 Å². The lowest BCUT2D eigenvalue weighted by Crippen LogP contribution is -2.26. The number of benzene rings is 1. The van der Waals surface area contributed by atoms with Gasteiger partial charge in [0, 0.05) is 16.8 Å². The zero-order valence-electron chi connectivity index (χ0n) is 11.1. The molecule has 2 aromatic rings. The normalized spacial score (nSPS) is 14.3. The zero-order valence-corrected chi connectivity index (χ0v) is 11.9. The summed E-state index contributed by atoms with van der Waals surface area (Å²) in [4.78, 5) is 1.44. The van der Waals surface area contributed by atoms with Crippen molar-refractivity contribution in [3.05, 3.63) is 58.3 Å². The monoisotopic (exact) mass is 259 g/mol. The van der Waals surface area contributed by atoms with Crippen molar-refractivity contribution in [2.45, 2.75) is 32.2 Å². The molecule has 1 aromatic carbocycles. The standard InChI is InChI=1S/C16H21NS/c1-3-14(13-9-6-5-7-10-13)16(17-4-2)15-11-8-12-18-15/h5-12,14,16-17H,3-4H2,1-2H3. The summed E-state index contributed by atoms with van der Waals surface area (Å²) in [6.07, 6.45) is 1.15. The molecule has 2 heteroatoms. The van der Waals surface area contributed by atoms with Gasteiger partial charge in [-0.2, -0.15) is 0 Å². The molecule has 0 aliphatic heterocycles. The van der Waals surface area contributed by atoms with Gasteiger partial charge in [-0.1, -0.05) is 50.2 Å². The molecule has 0 radical (unpaired) electrons. The predicted molar refractivity (Wildman–Crippen MR) is 80.2 cm³/mol. The Hall–Kier alpha value is -1.12. The molecular formula is C16H21NS. The van der Waals surface area contributed by atoms with Crippen molar-refractivity contribution in [2.75, 3.05) is 6.54 Å². The summed E-state index contributed by atoms with van der Waals surface area (Å²) in [6.45, 7) is 5.46. The molecule has 2 unspecified atom stereocenters. The van der Waals surface area contributed by atoms with Crippen LogP contribution in [0.15, 0.2) is 47.8 Å². The summed E-state index contributed by atoms with van der Waals surface area (Å²) >= 11 is 1.85. The fraction of sp³-hybridized carbons (Fsp3) is 0.375. The van der Waals surface area contributed by atoms with Gasteiger partial charge in [-0.15, -0.1) is 11.3 Å². The minimum atomic E-state index is 0.433. The summed E-state index contributed by atoms with van der Waals surface area (Å²) < 4.78 is 0. The molecule has 1 aromatic heterocycles. The molecule has 0 aliphatic rings. The van der Waals surface area contributed by atoms with Crippen LogP contribution >= 0.6 is 11.3 Å². The van der Waals surface area contributed by atoms with Crippen molar-refractivity contribution in [3.8, 4) is 0 Å². The van der Waals surface area contributed by atoms with Gasteiger partial charge in [-0.25, -0.2) is 0 Å². The number of likely N-dealkylation sites (N-methyl/N-ethyl adjacent to an activating group) is 1. The lowest BCUT2D eigenvalue weighted by Gasteiger charge is -2.26. The van der Waals surface area contributed by atoms with E-state index in [0.29, 0.717) is 12.0 Å². The first-order chi connectivity index (χ1) is 8.86. The minimum Gasteiger partial charge on any atom is -0.309 e. The average Bonchev–Trinajstić information content (AvgIpc) is 2.93. The second kappa shape index (κ2) is 6.72. The van der Waals surface area contributed by atoms with Crippen molar-refractivity contribution in [3.63, 3.8) is 0 Å². The van der Waals surface area contributed by atoms with Crippen LogP contribution < -0.4 is 5.32 Å². The highest BCUT2D eigenvalue weighted by Crippen LogP contribution is 2.35. The topological polar surface area (TPSA) is 12.0 Å². The maximum atomic E-state index is 3.64. The fourth-order valence-corrected chi connectivity index (χ4v) is 3.36. The van der Waals surface area contributed by atoms with Gasteiger partial charge in [0.2, 0.25) is 0 Å². The maximum absolute atomic E-state index is 3.64. The summed E-state index contributed by atoms with van der Waals surface area (Å²) in [7, 11) is 0. The summed E-state index contributed by atoms with van der Waals surface area (Å²) in [6, 6.07) is 15.7. The van der Waals surface area contributed by atoms with E-state index in [4.69, 9.17) is 0 Å². The van der Waals surface area contributed by atoms with Gasteiger partial charge in [0.05, 0.1) is 0 Å². The quantitative estimate of drug-likeness (QED) is 0.800. The van der Waals surface area contributed by atoms with Crippen LogP contribution in [0.1, 0.15) is 42.7 Å². The Kier molecular flexibility index (Phi) is 4.97. The summed E-state index contributed by atoms with van der Waals surface area (Å²) in [5, 5.41) is 5.81. The van der Waals surface area contributed by atoms with E-state index in [2.05, 4.69) is 67.0 Å². The molecule has 0 amide bonds. The third kappa shape index (κ3) is 3.01. The first kappa shape index (κ1) is 13.3.